The Kier molecular flexibility index (Phi) is 4.51. The van der Waals surface area contributed by atoms with Crippen molar-refractivity contribution in [2.75, 3.05) is 30.3 Å². The first-order valence-electron chi connectivity index (χ1n) is 8.35. The van der Waals surface area contributed by atoms with E-state index < -0.39 is 21.5 Å². The summed E-state index contributed by atoms with van der Waals surface area (Å²) in [5.41, 5.74) is 1.99. The van der Waals surface area contributed by atoms with Gasteiger partial charge in [-0.3, -0.25) is 13.8 Å². The maximum absolute atomic E-state index is 12.8. The number of aryl methyl sites for hydroxylation is 1. The summed E-state index contributed by atoms with van der Waals surface area (Å²) in [6, 6.07) is 7.79. The number of anilines is 1. The minimum atomic E-state index is -0.926. The Labute approximate surface area is 145 Å². The summed E-state index contributed by atoms with van der Waals surface area (Å²) in [6.07, 6.45) is 0.547. The Morgan fingerprint density at radius 3 is 2.50 bits per heavy atom. The van der Waals surface area contributed by atoms with Gasteiger partial charge in [0.15, 0.2) is 0 Å². The lowest BCUT2D eigenvalue weighted by Gasteiger charge is -2.38. The highest BCUT2D eigenvalue weighted by atomic mass is 32.2. The average molecular weight is 348 g/mol. The van der Waals surface area contributed by atoms with Gasteiger partial charge >= 0.3 is 0 Å². The van der Waals surface area contributed by atoms with Crippen LogP contribution in [0.2, 0.25) is 0 Å². The molecule has 2 saturated heterocycles. The summed E-state index contributed by atoms with van der Waals surface area (Å²) in [5, 5.41) is 0. The molecule has 2 aliphatic rings. The van der Waals surface area contributed by atoms with Gasteiger partial charge in [-0.05, 0) is 39.3 Å². The lowest BCUT2D eigenvalue weighted by atomic mass is 10.1. The molecule has 2 fully saturated rings. The van der Waals surface area contributed by atoms with Gasteiger partial charge in [-0.2, -0.15) is 0 Å². The number of carbonyl (C=O) groups is 2. The molecule has 130 valence electrons. The Morgan fingerprint density at radius 2 is 1.88 bits per heavy atom. The molecule has 2 heterocycles. The number of hydrogen-bond acceptors (Lipinski definition) is 3. The fourth-order valence-electron chi connectivity index (χ4n) is 3.38. The van der Waals surface area contributed by atoms with Gasteiger partial charge in [0, 0.05) is 41.9 Å². The second-order valence-electron chi connectivity index (χ2n) is 7.24. The fourth-order valence-corrected chi connectivity index (χ4v) is 4.62. The molecule has 0 bridgehead atoms. The molecule has 1 aromatic rings. The van der Waals surface area contributed by atoms with Crippen molar-refractivity contribution < 1.29 is 13.8 Å². The maximum atomic E-state index is 12.8. The number of hydrogen-bond donors (Lipinski definition) is 0. The van der Waals surface area contributed by atoms with Crippen molar-refractivity contribution in [2.45, 2.75) is 31.9 Å². The van der Waals surface area contributed by atoms with Crippen molar-refractivity contribution >= 4 is 28.3 Å². The SMILES string of the molecule is Cc1ccc(N2CCC(C(=O)N3CCS(=O)C(C)(C)C3)C2=O)cc1. The van der Waals surface area contributed by atoms with Crippen LogP contribution < -0.4 is 4.90 Å². The molecular formula is C18H24N2O3S. The third-order valence-electron chi connectivity index (χ3n) is 4.90. The predicted octanol–water partition coefficient (Wildman–Crippen LogP) is 1.72. The zero-order valence-corrected chi connectivity index (χ0v) is 15.3. The van der Waals surface area contributed by atoms with Crippen LogP contribution in [0.5, 0.6) is 0 Å². The lowest BCUT2D eigenvalue weighted by molar-refractivity contribution is -0.140. The minimum Gasteiger partial charge on any atom is -0.340 e. The van der Waals surface area contributed by atoms with E-state index in [2.05, 4.69) is 0 Å². The molecule has 0 spiro atoms. The van der Waals surface area contributed by atoms with Crippen LogP contribution in [0.15, 0.2) is 24.3 Å². The van der Waals surface area contributed by atoms with Crippen molar-refractivity contribution in [3.63, 3.8) is 0 Å². The fraction of sp³-hybridized carbons (Fsp3) is 0.556. The average Bonchev–Trinajstić information content (AvgIpc) is 2.92. The second kappa shape index (κ2) is 6.31. The van der Waals surface area contributed by atoms with Crippen LogP contribution in [0.4, 0.5) is 5.69 Å². The van der Waals surface area contributed by atoms with Gasteiger partial charge in [-0.15, -0.1) is 0 Å². The predicted molar refractivity (Wildman–Crippen MR) is 95.3 cm³/mol. The summed E-state index contributed by atoms with van der Waals surface area (Å²) < 4.78 is 11.6. The quantitative estimate of drug-likeness (QED) is 0.765. The molecule has 2 unspecified atom stereocenters. The molecule has 3 rings (SSSR count). The van der Waals surface area contributed by atoms with Gasteiger partial charge in [0.25, 0.3) is 0 Å². The molecule has 0 radical (unpaired) electrons. The molecule has 0 saturated carbocycles. The molecule has 5 nitrogen and oxygen atoms in total. The summed E-state index contributed by atoms with van der Waals surface area (Å²) >= 11 is 0. The lowest BCUT2D eigenvalue weighted by Crippen LogP contribution is -2.54. The van der Waals surface area contributed by atoms with Crippen molar-refractivity contribution in [2.24, 2.45) is 5.92 Å². The van der Waals surface area contributed by atoms with E-state index in [0.717, 1.165) is 11.3 Å². The number of nitrogens with zero attached hydrogens (tertiary/aromatic N) is 2. The third kappa shape index (κ3) is 3.11. The Balaban J connectivity index is 1.72. The highest BCUT2D eigenvalue weighted by Crippen LogP contribution is 2.29. The Morgan fingerprint density at radius 1 is 1.21 bits per heavy atom. The topological polar surface area (TPSA) is 57.7 Å². The second-order valence-corrected chi connectivity index (χ2v) is 9.44. The normalized spacial score (nSPS) is 26.7. The standard InChI is InChI=1S/C18H24N2O3S/c1-13-4-6-14(7-5-13)20-9-8-15(17(20)22)16(21)19-10-11-24(23)18(2,3)12-19/h4-7,15H,8-12H2,1-3H3. The van der Waals surface area contributed by atoms with Crippen LogP contribution in [0.1, 0.15) is 25.8 Å². The Hall–Kier alpha value is -1.69. The molecule has 2 amide bonds. The van der Waals surface area contributed by atoms with E-state index in [9.17, 15) is 13.8 Å². The number of rotatable bonds is 2. The van der Waals surface area contributed by atoms with Crippen LogP contribution in [-0.4, -0.2) is 51.1 Å². The van der Waals surface area contributed by atoms with Crippen LogP contribution in [0, 0.1) is 12.8 Å². The summed E-state index contributed by atoms with van der Waals surface area (Å²) in [7, 11) is -0.926. The van der Waals surface area contributed by atoms with Gasteiger partial charge in [0.2, 0.25) is 11.8 Å². The molecule has 0 N–H and O–H groups in total. The first-order valence-corrected chi connectivity index (χ1v) is 9.67. The van der Waals surface area contributed by atoms with Gasteiger partial charge in [0.1, 0.15) is 5.92 Å². The van der Waals surface area contributed by atoms with E-state index >= 15 is 0 Å². The maximum Gasteiger partial charge on any atom is 0.239 e. The largest absolute Gasteiger partial charge is 0.340 e. The summed E-state index contributed by atoms with van der Waals surface area (Å²) in [5.74, 6) is -0.345. The molecule has 24 heavy (non-hydrogen) atoms. The van der Waals surface area contributed by atoms with E-state index in [0.29, 0.717) is 31.8 Å². The summed E-state index contributed by atoms with van der Waals surface area (Å²) in [6.45, 7) is 7.33. The van der Waals surface area contributed by atoms with Crippen LogP contribution in [0.3, 0.4) is 0 Å². The first kappa shape index (κ1) is 17.1. The van der Waals surface area contributed by atoms with Crippen molar-refractivity contribution in [1.29, 1.82) is 0 Å². The number of amides is 2. The van der Waals surface area contributed by atoms with Crippen LogP contribution >= 0.6 is 0 Å². The van der Waals surface area contributed by atoms with Gasteiger partial charge < -0.3 is 9.80 Å². The van der Waals surface area contributed by atoms with Gasteiger partial charge in [0.05, 0.1) is 4.75 Å². The van der Waals surface area contributed by atoms with Crippen molar-refractivity contribution in [3.8, 4) is 0 Å². The molecule has 1 aromatic carbocycles. The van der Waals surface area contributed by atoms with Crippen molar-refractivity contribution in [1.82, 2.24) is 4.90 Å². The highest BCUT2D eigenvalue weighted by molar-refractivity contribution is 7.86. The third-order valence-corrected chi connectivity index (χ3v) is 6.81. The van der Waals surface area contributed by atoms with Crippen LogP contribution in [-0.2, 0) is 20.4 Å². The number of benzene rings is 1. The van der Waals surface area contributed by atoms with Gasteiger partial charge in [-0.1, -0.05) is 17.7 Å². The smallest absolute Gasteiger partial charge is 0.239 e. The zero-order chi connectivity index (χ0) is 17.5. The van der Waals surface area contributed by atoms with Gasteiger partial charge in [-0.25, -0.2) is 0 Å². The van der Waals surface area contributed by atoms with E-state index in [-0.39, 0.29) is 11.8 Å². The molecule has 2 atom stereocenters. The monoisotopic (exact) mass is 348 g/mol. The van der Waals surface area contributed by atoms with E-state index in [1.54, 1.807) is 9.80 Å². The van der Waals surface area contributed by atoms with E-state index in [4.69, 9.17) is 0 Å². The Bertz CT molecular complexity index is 684. The molecule has 0 aliphatic carbocycles. The summed E-state index contributed by atoms with van der Waals surface area (Å²) in [4.78, 5) is 29.0. The number of carbonyl (C=O) groups excluding carboxylic acids is 2. The van der Waals surface area contributed by atoms with E-state index in [1.165, 1.54) is 0 Å². The first-order chi connectivity index (χ1) is 11.3. The van der Waals surface area contributed by atoms with Crippen LogP contribution in [0.25, 0.3) is 0 Å². The molecular weight excluding hydrogens is 324 g/mol. The molecule has 2 aliphatic heterocycles. The minimum absolute atomic E-state index is 0.112. The molecule has 6 heteroatoms. The van der Waals surface area contributed by atoms with E-state index in [1.807, 2.05) is 45.0 Å². The zero-order valence-electron chi connectivity index (χ0n) is 14.4. The van der Waals surface area contributed by atoms with Crippen molar-refractivity contribution in [3.05, 3.63) is 29.8 Å². The highest BCUT2D eigenvalue weighted by Gasteiger charge is 2.43. The molecule has 0 aromatic heterocycles.